The summed E-state index contributed by atoms with van der Waals surface area (Å²) in [6.07, 6.45) is 3.71. The molecule has 2 aromatic rings. The van der Waals surface area contributed by atoms with Crippen LogP contribution in [0.1, 0.15) is 29.7 Å². The number of nitrogen functional groups attached to an aromatic ring is 1. The molecule has 0 spiro atoms. The fourth-order valence-corrected chi connectivity index (χ4v) is 3.22. The van der Waals surface area contributed by atoms with Crippen molar-refractivity contribution in [3.8, 4) is 17.2 Å². The van der Waals surface area contributed by atoms with Gasteiger partial charge in [0.05, 0.1) is 5.02 Å². The molecule has 1 heterocycles. The van der Waals surface area contributed by atoms with Crippen LogP contribution in [0.5, 0.6) is 0 Å². The molecule has 1 aromatic heterocycles. The molecule has 1 aliphatic carbocycles. The van der Waals surface area contributed by atoms with E-state index in [1.54, 1.807) is 12.1 Å². The van der Waals surface area contributed by atoms with Gasteiger partial charge in [0.25, 0.3) is 5.82 Å². The molecule has 5 heteroatoms. The number of H-pyrrole nitrogens is 1. The second-order valence-corrected chi connectivity index (χ2v) is 5.57. The van der Waals surface area contributed by atoms with Gasteiger partial charge < -0.3 is 0 Å². The van der Waals surface area contributed by atoms with Crippen LogP contribution in [0.25, 0.3) is 11.1 Å². The molecule has 3 N–H and O–H groups in total. The van der Waals surface area contributed by atoms with E-state index in [0.717, 1.165) is 36.9 Å². The van der Waals surface area contributed by atoms with Gasteiger partial charge in [-0.25, -0.2) is 9.37 Å². The zero-order chi connectivity index (χ0) is 15.0. The molecule has 0 fully saturated rings. The number of nitrogens with two attached hydrogens (primary N) is 1. The first kappa shape index (κ1) is 13.8. The largest absolute Gasteiger partial charge is 0.289 e. The number of anilines is 1. The molecule has 0 unspecified atom stereocenters. The topological polar surface area (TPSA) is 64.0 Å². The van der Waals surface area contributed by atoms with E-state index in [2.05, 4.69) is 11.1 Å². The summed E-state index contributed by atoms with van der Waals surface area (Å²) in [5.41, 5.74) is 8.97. The molecule has 0 bridgehead atoms. The van der Waals surface area contributed by atoms with Crippen molar-refractivity contribution < 1.29 is 9.37 Å². The van der Waals surface area contributed by atoms with E-state index in [4.69, 9.17) is 17.3 Å². The first-order chi connectivity index (χ1) is 10.1. The molecule has 1 aromatic carbocycles. The maximum atomic E-state index is 14.3. The van der Waals surface area contributed by atoms with E-state index in [-0.39, 0.29) is 16.9 Å². The van der Waals surface area contributed by atoms with Crippen molar-refractivity contribution in [2.45, 2.75) is 25.7 Å². The molecule has 0 radical (unpaired) electrons. The van der Waals surface area contributed by atoms with E-state index in [9.17, 15) is 9.65 Å². The van der Waals surface area contributed by atoms with E-state index >= 15 is 0 Å². The van der Waals surface area contributed by atoms with Gasteiger partial charge in [0.1, 0.15) is 23.1 Å². The van der Waals surface area contributed by atoms with Crippen LogP contribution >= 0.6 is 11.6 Å². The van der Waals surface area contributed by atoms with Crippen LogP contribution in [0.4, 0.5) is 10.2 Å². The van der Waals surface area contributed by atoms with Gasteiger partial charge in [-0.1, -0.05) is 17.7 Å². The number of benzene rings is 1. The van der Waals surface area contributed by atoms with Gasteiger partial charge in [0.15, 0.2) is 0 Å². The molecule has 3 rings (SSSR count). The van der Waals surface area contributed by atoms with Gasteiger partial charge >= 0.3 is 0 Å². The summed E-state index contributed by atoms with van der Waals surface area (Å²) in [7, 11) is 0. The minimum Gasteiger partial charge on any atom is -0.286 e. The van der Waals surface area contributed by atoms with Gasteiger partial charge in [-0.15, -0.1) is 0 Å². The molecular weight excluding hydrogens is 289 g/mol. The Morgan fingerprint density at radius 1 is 1.24 bits per heavy atom. The van der Waals surface area contributed by atoms with Gasteiger partial charge in [0, 0.05) is 23.1 Å². The van der Waals surface area contributed by atoms with Crippen molar-refractivity contribution in [2.75, 3.05) is 5.73 Å². The summed E-state index contributed by atoms with van der Waals surface area (Å²) in [5.74, 6) is -0.162. The Balaban J connectivity index is 2.41. The number of hydrogen-bond acceptors (Lipinski definition) is 2. The number of nitrogens with zero attached hydrogens (tertiary/aromatic N) is 1. The number of halogens is 2. The average molecular weight is 303 g/mol. The maximum Gasteiger partial charge on any atom is 0.289 e. The second-order valence-electron chi connectivity index (χ2n) is 5.16. The Morgan fingerprint density at radius 2 is 2.00 bits per heavy atom. The van der Waals surface area contributed by atoms with Gasteiger partial charge in [0.2, 0.25) is 0 Å². The zero-order valence-electron chi connectivity index (χ0n) is 11.3. The van der Waals surface area contributed by atoms with Crippen molar-refractivity contribution in [1.82, 2.24) is 0 Å². The summed E-state index contributed by atoms with van der Waals surface area (Å²) >= 11 is 6.19. The van der Waals surface area contributed by atoms with Gasteiger partial charge in [-0.3, -0.25) is 5.73 Å². The molecule has 21 heavy (non-hydrogen) atoms. The molecule has 3 nitrogen and oxygen atoms in total. The zero-order valence-corrected chi connectivity index (χ0v) is 12.1. The van der Waals surface area contributed by atoms with E-state index in [0.29, 0.717) is 10.6 Å². The Hall–Kier alpha value is -2.12. The Morgan fingerprint density at radius 3 is 2.71 bits per heavy atom. The fraction of sp³-hybridized carbons (Fsp3) is 0.250. The van der Waals surface area contributed by atoms with Crippen molar-refractivity contribution in [1.29, 1.82) is 5.26 Å². The van der Waals surface area contributed by atoms with Crippen LogP contribution < -0.4 is 10.7 Å². The lowest BCUT2D eigenvalue weighted by Gasteiger charge is -2.19. The first-order valence-corrected chi connectivity index (χ1v) is 7.22. The predicted molar refractivity (Wildman–Crippen MR) is 79.2 cm³/mol. The smallest absolute Gasteiger partial charge is 0.286 e. The molecule has 106 valence electrons. The molecule has 0 saturated carbocycles. The van der Waals surface area contributed by atoms with Crippen molar-refractivity contribution >= 4 is 17.4 Å². The summed E-state index contributed by atoms with van der Waals surface area (Å²) in [6, 6.07) is 6.62. The Bertz CT molecular complexity index is 745. The SMILES string of the molecule is N#Cc1c(N)[nH+]c2c(c1-c1c(F)cccc1Cl)CCCC2. The lowest BCUT2D eigenvalue weighted by molar-refractivity contribution is -0.374. The Labute approximate surface area is 127 Å². The summed E-state index contributed by atoms with van der Waals surface area (Å²) < 4.78 is 14.3. The molecule has 0 amide bonds. The average Bonchev–Trinajstić information content (AvgIpc) is 2.46. The van der Waals surface area contributed by atoms with Crippen molar-refractivity contribution in [3.63, 3.8) is 0 Å². The van der Waals surface area contributed by atoms with Crippen LogP contribution in [0, 0.1) is 17.1 Å². The van der Waals surface area contributed by atoms with Crippen LogP contribution in [0.3, 0.4) is 0 Å². The summed E-state index contributed by atoms with van der Waals surface area (Å²) in [6.45, 7) is 0. The minimum absolute atomic E-state index is 0.266. The van der Waals surface area contributed by atoms with Gasteiger partial charge in [-0.2, -0.15) is 5.26 Å². The number of aryl methyl sites for hydroxylation is 1. The lowest BCUT2D eigenvalue weighted by atomic mass is 9.86. The maximum absolute atomic E-state index is 14.3. The summed E-state index contributed by atoms with van der Waals surface area (Å²) in [5, 5.41) is 9.72. The minimum atomic E-state index is -0.433. The number of fused-ring (bicyclic) bond motifs is 1. The normalized spacial score (nSPS) is 13.6. The highest BCUT2D eigenvalue weighted by Gasteiger charge is 2.27. The standard InChI is InChI=1S/C16H13ClFN3/c17-11-5-3-6-12(18)15(11)14-9-4-1-2-7-13(9)21-16(20)10(14)8-19/h3,5-6H,1-2,4,7H2,(H2,20,21)/p+1. The lowest BCUT2D eigenvalue weighted by Crippen LogP contribution is -2.24. The monoisotopic (exact) mass is 302 g/mol. The molecule has 0 aliphatic heterocycles. The Kier molecular flexibility index (Phi) is 3.52. The number of nitriles is 1. The molecule has 0 saturated heterocycles. The van der Waals surface area contributed by atoms with E-state index < -0.39 is 5.82 Å². The third kappa shape index (κ3) is 2.24. The second kappa shape index (κ2) is 5.34. The van der Waals surface area contributed by atoms with Crippen LogP contribution in [-0.4, -0.2) is 0 Å². The highest BCUT2D eigenvalue weighted by Crippen LogP contribution is 2.39. The number of hydrogen-bond donors (Lipinski definition) is 1. The molecular formula is C16H14ClFN3+. The third-order valence-electron chi connectivity index (χ3n) is 3.90. The highest BCUT2D eigenvalue weighted by atomic mass is 35.5. The number of aromatic amines is 1. The summed E-state index contributed by atoms with van der Waals surface area (Å²) in [4.78, 5) is 3.09. The van der Waals surface area contributed by atoms with Crippen LogP contribution in [0.2, 0.25) is 5.02 Å². The van der Waals surface area contributed by atoms with E-state index in [1.165, 1.54) is 6.07 Å². The molecule has 1 aliphatic rings. The predicted octanol–water partition coefficient (Wildman–Crippen LogP) is 3.29. The number of pyridine rings is 1. The fourth-order valence-electron chi connectivity index (χ4n) is 2.96. The van der Waals surface area contributed by atoms with Crippen LogP contribution in [0.15, 0.2) is 18.2 Å². The quantitative estimate of drug-likeness (QED) is 0.878. The molecule has 0 atom stereocenters. The highest BCUT2D eigenvalue weighted by molar-refractivity contribution is 6.33. The first-order valence-electron chi connectivity index (χ1n) is 6.84. The number of nitrogens with one attached hydrogen (secondary N) is 1. The number of rotatable bonds is 1. The van der Waals surface area contributed by atoms with E-state index in [1.807, 2.05) is 0 Å². The van der Waals surface area contributed by atoms with Crippen molar-refractivity contribution in [3.05, 3.63) is 45.9 Å². The van der Waals surface area contributed by atoms with Gasteiger partial charge in [-0.05, 0) is 31.4 Å². The van der Waals surface area contributed by atoms with Crippen LogP contribution in [-0.2, 0) is 12.8 Å². The third-order valence-corrected chi connectivity index (χ3v) is 4.21. The van der Waals surface area contributed by atoms with Crippen molar-refractivity contribution in [2.24, 2.45) is 0 Å². The number of aromatic nitrogens is 1.